The number of likely N-dealkylation sites (tertiary alicyclic amines) is 1. The summed E-state index contributed by atoms with van der Waals surface area (Å²) >= 11 is 0. The molecule has 8 heteroatoms. The van der Waals surface area contributed by atoms with E-state index in [0.29, 0.717) is 80.2 Å². The van der Waals surface area contributed by atoms with Gasteiger partial charge in [-0.05, 0) is 85.1 Å². The third kappa shape index (κ3) is 5.17. The van der Waals surface area contributed by atoms with Crippen LogP contribution in [0.5, 0.6) is 0 Å². The highest BCUT2D eigenvalue weighted by molar-refractivity contribution is 6.14. The summed E-state index contributed by atoms with van der Waals surface area (Å²) in [5, 5.41) is 4.02. The average Bonchev–Trinajstić information content (AvgIpc) is 3.66. The summed E-state index contributed by atoms with van der Waals surface area (Å²) in [7, 11) is 1.66. The Bertz CT molecular complexity index is 1440. The molecule has 7 nitrogen and oxygen atoms in total. The molecule has 3 aromatic rings. The van der Waals surface area contributed by atoms with Gasteiger partial charge in [0.05, 0.1) is 23.4 Å². The largest absolute Gasteiger partial charge is 0.383 e. The summed E-state index contributed by atoms with van der Waals surface area (Å²) in [6, 6.07) is 10.9. The van der Waals surface area contributed by atoms with Crippen molar-refractivity contribution in [2.45, 2.75) is 58.0 Å². The summed E-state index contributed by atoms with van der Waals surface area (Å²) in [4.78, 5) is 29.4. The summed E-state index contributed by atoms with van der Waals surface area (Å²) in [5.74, 6) is 1.58. The number of rotatable bonds is 8. The smallest absolute Gasteiger partial charge is 0.256 e. The number of ether oxygens (including phenoxy) is 1. The van der Waals surface area contributed by atoms with Crippen LogP contribution < -0.4 is 11.1 Å². The molecule has 2 heterocycles. The molecule has 4 atom stereocenters. The highest BCUT2D eigenvalue weighted by atomic mass is 19.1. The Balaban J connectivity index is 1.25. The average molecular weight is 561 g/mol. The minimum atomic E-state index is -0.210. The van der Waals surface area contributed by atoms with E-state index < -0.39 is 0 Å². The molecule has 0 radical (unpaired) electrons. The number of amides is 2. The van der Waals surface area contributed by atoms with Crippen LogP contribution in [0.15, 0.2) is 42.6 Å². The van der Waals surface area contributed by atoms with E-state index in [1.807, 2.05) is 39.9 Å². The number of nitrogens with zero attached hydrogens (tertiary/aromatic N) is 2. The van der Waals surface area contributed by atoms with E-state index >= 15 is 0 Å². The van der Waals surface area contributed by atoms with Crippen molar-refractivity contribution in [1.29, 1.82) is 0 Å². The topological polar surface area (TPSA) is 89.6 Å². The van der Waals surface area contributed by atoms with Crippen molar-refractivity contribution < 1.29 is 18.7 Å². The second-order valence-corrected chi connectivity index (χ2v) is 12.2. The molecule has 3 N–H and O–H groups in total. The first-order chi connectivity index (χ1) is 19.9. The molecule has 1 saturated heterocycles. The maximum Gasteiger partial charge on any atom is 0.256 e. The molecule has 3 aliphatic rings. The van der Waals surface area contributed by atoms with Crippen LogP contribution in [0, 0.1) is 29.5 Å². The van der Waals surface area contributed by atoms with E-state index in [2.05, 4.69) is 12.2 Å². The zero-order valence-corrected chi connectivity index (χ0v) is 24.1. The number of hydrogen-bond acceptors (Lipinski definition) is 4. The Morgan fingerprint density at radius 3 is 2.61 bits per heavy atom. The summed E-state index contributed by atoms with van der Waals surface area (Å²) in [5.41, 5.74) is 9.58. The third-order valence-corrected chi connectivity index (χ3v) is 10.1. The molecule has 218 valence electrons. The summed E-state index contributed by atoms with van der Waals surface area (Å²) in [6.07, 6.45) is 6.58. The molecule has 2 bridgehead atoms. The number of anilines is 1. The Kier molecular flexibility index (Phi) is 7.88. The van der Waals surface area contributed by atoms with E-state index in [1.165, 1.54) is 12.5 Å². The highest BCUT2D eigenvalue weighted by Gasteiger charge is 2.48. The lowest BCUT2D eigenvalue weighted by Crippen LogP contribution is -2.38. The molecule has 41 heavy (non-hydrogen) atoms. The fourth-order valence-corrected chi connectivity index (χ4v) is 7.80. The molecule has 1 aliphatic heterocycles. The minimum Gasteiger partial charge on any atom is -0.383 e. The number of benzene rings is 2. The second kappa shape index (κ2) is 11.6. The van der Waals surface area contributed by atoms with Crippen LogP contribution in [0.3, 0.4) is 0 Å². The first-order valence-corrected chi connectivity index (χ1v) is 15.1. The van der Waals surface area contributed by atoms with Crippen molar-refractivity contribution in [2.24, 2.45) is 29.4 Å². The maximum absolute atomic E-state index is 14.7. The fourth-order valence-electron chi connectivity index (χ4n) is 7.80. The predicted octanol–water partition coefficient (Wildman–Crippen LogP) is 5.53. The Hall–Kier alpha value is -3.23. The van der Waals surface area contributed by atoms with Crippen molar-refractivity contribution in [1.82, 2.24) is 9.47 Å². The van der Waals surface area contributed by atoms with Gasteiger partial charge in [-0.25, -0.2) is 4.39 Å². The van der Waals surface area contributed by atoms with Gasteiger partial charge in [-0.2, -0.15) is 0 Å². The molecule has 3 unspecified atom stereocenters. The van der Waals surface area contributed by atoms with Crippen LogP contribution in [0.4, 0.5) is 10.1 Å². The molecule has 1 aromatic heterocycles. The van der Waals surface area contributed by atoms with Gasteiger partial charge in [0.15, 0.2) is 0 Å². The van der Waals surface area contributed by atoms with Gasteiger partial charge in [0, 0.05) is 50.8 Å². The number of halogens is 1. The van der Waals surface area contributed by atoms with Gasteiger partial charge in [0.25, 0.3) is 5.91 Å². The second-order valence-electron chi connectivity index (χ2n) is 12.2. The van der Waals surface area contributed by atoms with Crippen molar-refractivity contribution in [3.63, 3.8) is 0 Å². The van der Waals surface area contributed by atoms with Crippen LogP contribution in [0.2, 0.25) is 0 Å². The Morgan fingerprint density at radius 2 is 1.93 bits per heavy atom. The number of nitrogens with two attached hydrogens (primary N) is 1. The van der Waals surface area contributed by atoms with E-state index in [0.717, 1.165) is 29.3 Å². The molecular formula is C33H41FN4O3. The molecule has 2 aromatic carbocycles. The standard InChI is InChI=1S/C33H41FN4O3/c1-20-23-7-8-24(20)26(17-23)32(39)36-29-4-3-5-30-31(29)27(19-38(30)14-15-41-2)33(40)37-12-10-22(11-13-37)25-16-21(18-35)6-9-28(25)34/h3-6,9,16,19-20,22-24,26H,7-8,10-15,17-18,35H2,1-2H3,(H,36,39)/t20-,23?,24?,26?/m1/s1. The summed E-state index contributed by atoms with van der Waals surface area (Å²) < 4.78 is 22.0. The Morgan fingerprint density at radius 1 is 1.12 bits per heavy atom. The van der Waals surface area contributed by atoms with Gasteiger partial charge in [0.2, 0.25) is 5.91 Å². The van der Waals surface area contributed by atoms with E-state index in [9.17, 15) is 14.0 Å². The number of fused-ring (bicyclic) bond motifs is 3. The van der Waals surface area contributed by atoms with Crippen molar-refractivity contribution in [3.8, 4) is 0 Å². The first kappa shape index (κ1) is 27.9. The lowest BCUT2D eigenvalue weighted by Gasteiger charge is -2.32. The van der Waals surface area contributed by atoms with Crippen molar-refractivity contribution in [3.05, 3.63) is 65.1 Å². The van der Waals surface area contributed by atoms with Gasteiger partial charge >= 0.3 is 0 Å². The molecule has 2 amide bonds. The van der Waals surface area contributed by atoms with E-state index in [4.69, 9.17) is 10.5 Å². The SMILES string of the molecule is COCCn1cc(C(=O)N2CCC(c3cc(CN)ccc3F)CC2)c2c(NC(=O)C3CC4CCC3[C@@H]4C)cccc21. The number of piperidine rings is 1. The first-order valence-electron chi connectivity index (χ1n) is 15.1. The van der Waals surface area contributed by atoms with Crippen LogP contribution >= 0.6 is 0 Å². The van der Waals surface area contributed by atoms with Gasteiger partial charge in [-0.3, -0.25) is 9.59 Å². The third-order valence-electron chi connectivity index (χ3n) is 10.1. The van der Waals surface area contributed by atoms with Gasteiger partial charge < -0.3 is 25.3 Å². The van der Waals surface area contributed by atoms with Gasteiger partial charge in [-0.1, -0.05) is 25.1 Å². The number of nitrogens with one attached hydrogen (secondary N) is 1. The quantitative estimate of drug-likeness (QED) is 0.379. The van der Waals surface area contributed by atoms with Gasteiger partial charge in [0.1, 0.15) is 5.82 Å². The van der Waals surface area contributed by atoms with Gasteiger partial charge in [-0.15, -0.1) is 0 Å². The van der Waals surface area contributed by atoms with Crippen LogP contribution in [-0.4, -0.2) is 48.1 Å². The predicted molar refractivity (Wildman–Crippen MR) is 158 cm³/mol. The zero-order chi connectivity index (χ0) is 28.7. The molecule has 6 rings (SSSR count). The highest BCUT2D eigenvalue weighted by Crippen LogP contribution is 2.52. The van der Waals surface area contributed by atoms with E-state index in [-0.39, 0.29) is 29.5 Å². The molecule has 3 fully saturated rings. The molecule has 2 saturated carbocycles. The number of carbonyl (C=O) groups is 2. The molecule has 0 spiro atoms. The van der Waals surface area contributed by atoms with Crippen LogP contribution in [-0.2, 0) is 22.6 Å². The van der Waals surface area contributed by atoms with Crippen LogP contribution in [0.25, 0.3) is 10.9 Å². The minimum absolute atomic E-state index is 0.0333. The zero-order valence-electron chi connectivity index (χ0n) is 24.1. The number of hydrogen-bond donors (Lipinski definition) is 2. The molecular weight excluding hydrogens is 519 g/mol. The fraction of sp³-hybridized carbons (Fsp3) is 0.515. The normalized spacial score (nSPS) is 24.3. The van der Waals surface area contributed by atoms with E-state index in [1.54, 1.807) is 13.2 Å². The van der Waals surface area contributed by atoms with Crippen molar-refractivity contribution in [2.75, 3.05) is 32.1 Å². The monoisotopic (exact) mass is 560 g/mol. The number of methoxy groups -OCH3 is 1. The number of carbonyl (C=O) groups excluding carboxylic acids is 2. The molecule has 2 aliphatic carbocycles. The number of aromatic nitrogens is 1. The lowest BCUT2D eigenvalue weighted by molar-refractivity contribution is -0.121. The van der Waals surface area contributed by atoms with Crippen molar-refractivity contribution >= 4 is 28.4 Å². The Labute approximate surface area is 241 Å². The van der Waals surface area contributed by atoms with Crippen LogP contribution in [0.1, 0.15) is 66.4 Å². The maximum atomic E-state index is 14.7. The summed E-state index contributed by atoms with van der Waals surface area (Å²) in [6.45, 7) is 4.85. The lowest BCUT2D eigenvalue weighted by atomic mass is 9.87.